The zero-order chi connectivity index (χ0) is 27.5. The predicted molar refractivity (Wildman–Crippen MR) is 147 cm³/mol. The van der Waals surface area contributed by atoms with E-state index in [1.807, 2.05) is 0 Å². The van der Waals surface area contributed by atoms with E-state index in [0.717, 1.165) is 23.9 Å². The number of nitrogens with one attached hydrogen (secondary N) is 1. The quantitative estimate of drug-likeness (QED) is 0.502. The summed E-state index contributed by atoms with van der Waals surface area (Å²) < 4.78 is 20.7. The number of alkyl halides is 1. The van der Waals surface area contributed by atoms with Crippen LogP contribution in [0.25, 0.3) is 16.5 Å². The maximum absolute atomic E-state index is 14.4. The Morgan fingerprint density at radius 1 is 1.08 bits per heavy atom. The van der Waals surface area contributed by atoms with Gasteiger partial charge in [0.05, 0.1) is 29.8 Å². The first-order chi connectivity index (χ1) is 18.9. The summed E-state index contributed by atoms with van der Waals surface area (Å²) in [6, 6.07) is 11.4. The van der Waals surface area contributed by atoms with Crippen LogP contribution in [-0.2, 0) is 4.79 Å². The molecular formula is C28H31ClFN5O4. The van der Waals surface area contributed by atoms with Gasteiger partial charge in [0.25, 0.3) is 11.5 Å². The SMILES string of the molecule is COc1ccc(-n2nc(C(=O)NCC(=O)N3CCN([C@H]4CCCC[C@@H]4F)CC3)c3ccccc3c2=O)cc1Cl. The number of methoxy groups -OCH3 is 1. The summed E-state index contributed by atoms with van der Waals surface area (Å²) in [5.74, 6) is -0.355. The van der Waals surface area contributed by atoms with Gasteiger partial charge in [-0.05, 0) is 37.1 Å². The molecule has 2 fully saturated rings. The minimum Gasteiger partial charge on any atom is -0.495 e. The van der Waals surface area contributed by atoms with Gasteiger partial charge in [0.1, 0.15) is 11.9 Å². The molecule has 0 bridgehead atoms. The highest BCUT2D eigenvalue weighted by molar-refractivity contribution is 6.32. The Morgan fingerprint density at radius 2 is 1.79 bits per heavy atom. The molecule has 11 heteroatoms. The minimum absolute atomic E-state index is 0.0149. The normalized spacial score (nSPS) is 20.1. The van der Waals surface area contributed by atoms with E-state index in [2.05, 4.69) is 15.3 Å². The number of carbonyl (C=O) groups excluding carboxylic acids is 2. The second kappa shape index (κ2) is 11.7. The fourth-order valence-corrected chi connectivity index (χ4v) is 5.70. The number of amides is 2. The van der Waals surface area contributed by atoms with Crippen LogP contribution < -0.4 is 15.6 Å². The number of hydrogen-bond acceptors (Lipinski definition) is 6. The molecule has 2 aliphatic rings. The molecule has 2 atom stereocenters. The highest BCUT2D eigenvalue weighted by Crippen LogP contribution is 2.27. The van der Waals surface area contributed by atoms with Crippen LogP contribution in [0.15, 0.2) is 47.3 Å². The molecule has 206 valence electrons. The molecule has 0 spiro atoms. The van der Waals surface area contributed by atoms with Gasteiger partial charge in [-0.3, -0.25) is 19.3 Å². The van der Waals surface area contributed by atoms with Crippen molar-refractivity contribution in [3.8, 4) is 11.4 Å². The number of halogens is 2. The van der Waals surface area contributed by atoms with Crippen LogP contribution in [0.4, 0.5) is 4.39 Å². The second-order valence-corrected chi connectivity index (χ2v) is 10.3. The lowest BCUT2D eigenvalue weighted by Gasteiger charge is -2.42. The molecule has 1 saturated carbocycles. The number of aromatic nitrogens is 2. The average molecular weight is 556 g/mol. The molecule has 9 nitrogen and oxygen atoms in total. The molecular weight excluding hydrogens is 525 g/mol. The Balaban J connectivity index is 1.30. The molecule has 39 heavy (non-hydrogen) atoms. The fraction of sp³-hybridized carbons (Fsp3) is 0.429. The number of hydrogen-bond donors (Lipinski definition) is 1. The van der Waals surface area contributed by atoms with Crippen LogP contribution >= 0.6 is 11.6 Å². The molecule has 1 aliphatic carbocycles. The van der Waals surface area contributed by atoms with Gasteiger partial charge in [-0.15, -0.1) is 0 Å². The molecule has 2 heterocycles. The molecule has 2 aromatic carbocycles. The first-order valence-corrected chi connectivity index (χ1v) is 13.5. The third kappa shape index (κ3) is 5.62. The smallest absolute Gasteiger partial charge is 0.279 e. The Labute approximate surface area is 230 Å². The molecule has 0 radical (unpaired) electrons. The zero-order valence-electron chi connectivity index (χ0n) is 21.7. The van der Waals surface area contributed by atoms with Crippen LogP contribution in [0.5, 0.6) is 5.75 Å². The first-order valence-electron chi connectivity index (χ1n) is 13.2. The van der Waals surface area contributed by atoms with Gasteiger partial charge < -0.3 is 15.0 Å². The van der Waals surface area contributed by atoms with Crippen molar-refractivity contribution in [3.05, 3.63) is 63.5 Å². The van der Waals surface area contributed by atoms with E-state index in [4.69, 9.17) is 16.3 Å². The Morgan fingerprint density at radius 3 is 2.49 bits per heavy atom. The number of ether oxygens (including phenoxy) is 1. The van der Waals surface area contributed by atoms with Gasteiger partial charge in [0, 0.05) is 37.6 Å². The summed E-state index contributed by atoms with van der Waals surface area (Å²) >= 11 is 6.26. The summed E-state index contributed by atoms with van der Waals surface area (Å²) in [6.45, 7) is 2.00. The van der Waals surface area contributed by atoms with E-state index in [0.29, 0.717) is 59.8 Å². The van der Waals surface area contributed by atoms with Crippen molar-refractivity contribution in [1.82, 2.24) is 24.9 Å². The lowest BCUT2D eigenvalue weighted by Crippen LogP contribution is -2.56. The van der Waals surface area contributed by atoms with Gasteiger partial charge >= 0.3 is 0 Å². The van der Waals surface area contributed by atoms with E-state index in [1.165, 1.54) is 13.2 Å². The molecule has 1 aromatic heterocycles. The zero-order valence-corrected chi connectivity index (χ0v) is 22.5. The van der Waals surface area contributed by atoms with E-state index in [9.17, 15) is 18.8 Å². The van der Waals surface area contributed by atoms with Gasteiger partial charge in [-0.2, -0.15) is 9.78 Å². The van der Waals surface area contributed by atoms with Crippen molar-refractivity contribution in [2.75, 3.05) is 39.8 Å². The Hall–Kier alpha value is -3.50. The van der Waals surface area contributed by atoms with Crippen molar-refractivity contribution in [3.63, 3.8) is 0 Å². The summed E-state index contributed by atoms with van der Waals surface area (Å²) in [5, 5.41) is 8.00. The fourth-order valence-electron chi connectivity index (χ4n) is 5.45. The Kier molecular flexibility index (Phi) is 8.13. The van der Waals surface area contributed by atoms with Gasteiger partial charge in [0.15, 0.2) is 5.69 Å². The molecule has 1 saturated heterocycles. The molecule has 0 unspecified atom stereocenters. The van der Waals surface area contributed by atoms with Crippen molar-refractivity contribution in [2.45, 2.75) is 37.9 Å². The van der Waals surface area contributed by atoms with E-state index >= 15 is 0 Å². The summed E-state index contributed by atoms with van der Waals surface area (Å²) in [6.07, 6.45) is 2.64. The molecule has 2 amide bonds. The summed E-state index contributed by atoms with van der Waals surface area (Å²) in [4.78, 5) is 43.2. The lowest BCUT2D eigenvalue weighted by molar-refractivity contribution is -0.132. The van der Waals surface area contributed by atoms with Crippen LogP contribution in [0.2, 0.25) is 5.02 Å². The number of rotatable bonds is 6. The number of benzene rings is 2. The molecule has 3 aromatic rings. The monoisotopic (exact) mass is 555 g/mol. The predicted octanol–water partition coefficient (Wildman–Crippen LogP) is 3.20. The van der Waals surface area contributed by atoms with Crippen LogP contribution in [0, 0.1) is 0 Å². The maximum Gasteiger partial charge on any atom is 0.279 e. The van der Waals surface area contributed by atoms with Crippen LogP contribution in [0.3, 0.4) is 0 Å². The number of piperazine rings is 1. The summed E-state index contributed by atoms with van der Waals surface area (Å²) in [5.41, 5.74) is -0.0279. The van der Waals surface area contributed by atoms with Crippen molar-refractivity contribution < 1.29 is 18.7 Å². The van der Waals surface area contributed by atoms with E-state index in [1.54, 1.807) is 41.3 Å². The molecule has 1 N–H and O–H groups in total. The molecule has 1 aliphatic heterocycles. The summed E-state index contributed by atoms with van der Waals surface area (Å²) in [7, 11) is 1.49. The van der Waals surface area contributed by atoms with Crippen molar-refractivity contribution in [2.24, 2.45) is 0 Å². The maximum atomic E-state index is 14.4. The van der Waals surface area contributed by atoms with Gasteiger partial charge in [-0.25, -0.2) is 4.39 Å². The van der Waals surface area contributed by atoms with E-state index < -0.39 is 17.6 Å². The van der Waals surface area contributed by atoms with Crippen molar-refractivity contribution in [1.29, 1.82) is 0 Å². The third-order valence-electron chi connectivity index (χ3n) is 7.58. The topological polar surface area (TPSA) is 96.8 Å². The third-order valence-corrected chi connectivity index (χ3v) is 7.88. The lowest BCUT2D eigenvalue weighted by atomic mass is 9.92. The largest absolute Gasteiger partial charge is 0.495 e. The number of fused-ring (bicyclic) bond motifs is 1. The van der Waals surface area contributed by atoms with Gasteiger partial charge in [-0.1, -0.05) is 42.6 Å². The number of carbonyl (C=O) groups is 2. The Bertz CT molecular complexity index is 1440. The standard InChI is InChI=1S/C28H31ClFN5O4/c1-39-24-11-10-18(16-21(24)29)35-28(38)20-7-3-2-6-19(20)26(32-35)27(37)31-17-25(36)34-14-12-33(13-15-34)23-9-5-4-8-22(23)30/h2-3,6-7,10-11,16,22-23H,4-5,8-9,12-15,17H2,1H3,(H,31,37)/t22-,23-/m0/s1. The average Bonchev–Trinajstić information content (AvgIpc) is 2.96. The first kappa shape index (κ1) is 27.1. The highest BCUT2D eigenvalue weighted by Gasteiger charge is 2.33. The van der Waals surface area contributed by atoms with Gasteiger partial charge in [0.2, 0.25) is 5.91 Å². The van der Waals surface area contributed by atoms with Crippen molar-refractivity contribution >= 4 is 34.2 Å². The second-order valence-electron chi connectivity index (χ2n) is 9.90. The van der Waals surface area contributed by atoms with E-state index in [-0.39, 0.29) is 24.2 Å². The van der Waals surface area contributed by atoms with Crippen LogP contribution in [-0.4, -0.2) is 83.4 Å². The minimum atomic E-state index is -0.806. The molecule has 5 rings (SSSR count). The van der Waals surface area contributed by atoms with Crippen LogP contribution in [0.1, 0.15) is 36.2 Å². The highest BCUT2D eigenvalue weighted by atomic mass is 35.5. The number of nitrogens with zero attached hydrogens (tertiary/aromatic N) is 4.